The van der Waals surface area contributed by atoms with Crippen molar-refractivity contribution in [2.24, 2.45) is 0 Å². The molecule has 3 fully saturated rings. The summed E-state index contributed by atoms with van der Waals surface area (Å²) < 4.78 is 39.6. The van der Waals surface area contributed by atoms with Gasteiger partial charge in [0.1, 0.15) is 95.4 Å². The minimum Gasteiger partial charge on any atom is -0.508 e. The van der Waals surface area contributed by atoms with Crippen LogP contribution in [0.4, 0.5) is 0 Å². The molecule has 6 rings (SSSR count). The number of aliphatic hydroxyl groups excluding tert-OH is 11. The van der Waals surface area contributed by atoms with E-state index < -0.39 is 146 Å². The highest BCUT2D eigenvalue weighted by molar-refractivity contribution is 5.88. The molecule has 0 bridgehead atoms. The first-order chi connectivity index (χ1) is 25.7. The van der Waals surface area contributed by atoms with Gasteiger partial charge in [0.25, 0.3) is 0 Å². The highest BCUT2D eigenvalue weighted by Crippen LogP contribution is 2.39. The van der Waals surface area contributed by atoms with E-state index in [-0.39, 0.29) is 16.9 Å². The second kappa shape index (κ2) is 16.2. The molecule has 3 aromatic rings. The lowest BCUT2D eigenvalue weighted by molar-refractivity contribution is -0.358. The topological polar surface area (TPSA) is 349 Å². The van der Waals surface area contributed by atoms with Crippen LogP contribution in [0.3, 0.4) is 0 Å². The molecule has 0 spiro atoms. The third-order valence-electron chi connectivity index (χ3n) is 9.33. The SMILES string of the molecule is O=c1c(O[C@H]2O[C@H](CO)[C@@H](O)[C@@H](O)[C@H]2O[C@H]2O[C@H](CO)[C@@H](O)[C@@H](O)[C@H]2O)c(-c2ccc(O[C@@H]3O[C@H](CO)[C@@H](O)[C@@H](O)[C@H]3O)cc2)oc2cc(O)cc(O)c12. The van der Waals surface area contributed by atoms with Crippen molar-refractivity contribution in [3.05, 3.63) is 46.6 Å². The second-order valence-corrected chi connectivity index (χ2v) is 12.9. The molecule has 2 aromatic carbocycles. The molecule has 0 radical (unpaired) electrons. The number of benzene rings is 2. The Kier molecular flexibility index (Phi) is 11.9. The van der Waals surface area contributed by atoms with E-state index in [4.69, 9.17) is 32.8 Å². The fourth-order valence-electron chi connectivity index (χ4n) is 6.30. The molecule has 1 aromatic heterocycles. The third-order valence-corrected chi connectivity index (χ3v) is 9.33. The summed E-state index contributed by atoms with van der Waals surface area (Å²) in [6, 6.07) is 7.10. The van der Waals surface area contributed by atoms with Gasteiger partial charge in [0, 0.05) is 17.7 Å². The van der Waals surface area contributed by atoms with Gasteiger partial charge in [-0.25, -0.2) is 0 Å². The van der Waals surface area contributed by atoms with Crippen molar-refractivity contribution < 1.29 is 99.2 Å². The number of phenolic OH excluding ortho intramolecular Hbond substituents is 2. The van der Waals surface area contributed by atoms with Gasteiger partial charge in [0.2, 0.25) is 23.8 Å². The number of phenols is 2. The molecule has 4 heterocycles. The number of rotatable bonds is 10. The molecule has 13 N–H and O–H groups in total. The summed E-state index contributed by atoms with van der Waals surface area (Å²) in [5.41, 5.74) is -1.35. The fourth-order valence-corrected chi connectivity index (χ4v) is 6.30. The van der Waals surface area contributed by atoms with Crippen molar-refractivity contribution in [3.8, 4) is 34.3 Å². The number of hydrogen-bond donors (Lipinski definition) is 13. The number of fused-ring (bicyclic) bond motifs is 1. The van der Waals surface area contributed by atoms with Gasteiger partial charge in [-0.15, -0.1) is 0 Å². The lowest BCUT2D eigenvalue weighted by Crippen LogP contribution is -2.65. The van der Waals surface area contributed by atoms with Crippen LogP contribution in [-0.4, -0.2) is 178 Å². The van der Waals surface area contributed by atoms with Crippen molar-refractivity contribution in [1.82, 2.24) is 0 Å². The Morgan fingerprint density at radius 2 is 1.11 bits per heavy atom. The van der Waals surface area contributed by atoms with E-state index in [1.165, 1.54) is 24.3 Å². The zero-order chi connectivity index (χ0) is 39.2. The maximum absolute atomic E-state index is 14.0. The molecule has 54 heavy (non-hydrogen) atoms. The van der Waals surface area contributed by atoms with Crippen molar-refractivity contribution in [2.75, 3.05) is 19.8 Å². The zero-order valence-corrected chi connectivity index (χ0v) is 27.8. The second-order valence-electron chi connectivity index (χ2n) is 12.9. The number of aliphatic hydroxyl groups is 11. The molecule has 298 valence electrons. The highest BCUT2D eigenvalue weighted by atomic mass is 16.8. The Hall–Kier alpha value is -3.75. The van der Waals surface area contributed by atoms with Crippen molar-refractivity contribution >= 4 is 11.0 Å². The van der Waals surface area contributed by atoms with E-state index in [0.717, 1.165) is 12.1 Å². The van der Waals surface area contributed by atoms with E-state index in [9.17, 15) is 71.2 Å². The quantitative estimate of drug-likeness (QED) is 0.0918. The van der Waals surface area contributed by atoms with Crippen LogP contribution in [0.25, 0.3) is 22.3 Å². The van der Waals surface area contributed by atoms with Crippen LogP contribution in [0.5, 0.6) is 23.0 Å². The van der Waals surface area contributed by atoms with Gasteiger partial charge in [-0.3, -0.25) is 4.79 Å². The van der Waals surface area contributed by atoms with E-state index in [2.05, 4.69) is 0 Å². The molecule has 21 nitrogen and oxygen atoms in total. The van der Waals surface area contributed by atoms with Gasteiger partial charge >= 0.3 is 0 Å². The first-order valence-corrected chi connectivity index (χ1v) is 16.5. The standard InChI is InChI=1S/C33H40O21/c34-7-15-19(39)23(43)26(46)31(50-15)48-12-3-1-10(2-4-12)28-29(22(42)18-13(38)5-11(37)6-14(18)49-28)53-33-30(25(45)21(41)17(9-36)52-33)54-32-27(47)24(44)20(40)16(8-35)51-32/h1-6,15-17,19-21,23-27,30-41,43-47H,7-9H2/t15-,16-,17-,19-,20-,21-,23-,24-,25-,26-,27-,30-,31-,32-,33-/m1/s1. The van der Waals surface area contributed by atoms with Crippen molar-refractivity contribution in [3.63, 3.8) is 0 Å². The molecule has 21 heteroatoms. The summed E-state index contributed by atoms with van der Waals surface area (Å²) in [7, 11) is 0. The Morgan fingerprint density at radius 1 is 0.593 bits per heavy atom. The van der Waals surface area contributed by atoms with Crippen LogP contribution in [0.15, 0.2) is 45.6 Å². The monoisotopic (exact) mass is 772 g/mol. The Bertz CT molecular complexity index is 1800. The summed E-state index contributed by atoms with van der Waals surface area (Å²) in [5.74, 6) is -2.33. The molecule has 0 unspecified atom stereocenters. The van der Waals surface area contributed by atoms with E-state index in [1.807, 2.05) is 0 Å². The van der Waals surface area contributed by atoms with Gasteiger partial charge in [-0.1, -0.05) is 0 Å². The van der Waals surface area contributed by atoms with Crippen molar-refractivity contribution in [2.45, 2.75) is 92.1 Å². The van der Waals surface area contributed by atoms with E-state index in [1.54, 1.807) is 0 Å². The van der Waals surface area contributed by atoms with E-state index >= 15 is 0 Å². The number of aromatic hydroxyl groups is 2. The van der Waals surface area contributed by atoms with Gasteiger partial charge in [-0.05, 0) is 24.3 Å². The predicted octanol–water partition coefficient (Wildman–Crippen LogP) is -4.95. The van der Waals surface area contributed by atoms with Crippen LogP contribution in [0.1, 0.15) is 0 Å². The van der Waals surface area contributed by atoms with Gasteiger partial charge in [-0.2, -0.15) is 0 Å². The molecule has 3 aliphatic heterocycles. The molecular weight excluding hydrogens is 732 g/mol. The van der Waals surface area contributed by atoms with Gasteiger partial charge in [0.15, 0.2) is 18.2 Å². The lowest BCUT2D eigenvalue weighted by atomic mass is 9.97. The molecular formula is C33H40O21. The summed E-state index contributed by atoms with van der Waals surface area (Å²) in [6.45, 7) is -2.43. The third kappa shape index (κ3) is 7.45. The first kappa shape index (κ1) is 39.9. The summed E-state index contributed by atoms with van der Waals surface area (Å²) in [4.78, 5) is 14.0. The van der Waals surface area contributed by atoms with Crippen molar-refractivity contribution in [1.29, 1.82) is 0 Å². The summed E-state index contributed by atoms with van der Waals surface area (Å²) >= 11 is 0. The van der Waals surface area contributed by atoms with Gasteiger partial charge < -0.3 is 99.2 Å². The maximum Gasteiger partial charge on any atom is 0.239 e. The largest absolute Gasteiger partial charge is 0.508 e. The number of ether oxygens (including phenoxy) is 6. The summed E-state index contributed by atoms with van der Waals surface area (Å²) in [6.07, 6.45) is -26.2. The zero-order valence-electron chi connectivity index (χ0n) is 27.8. The van der Waals surface area contributed by atoms with Crippen LogP contribution in [0, 0.1) is 0 Å². The molecule has 3 aliphatic rings. The molecule has 0 aliphatic carbocycles. The lowest BCUT2D eigenvalue weighted by Gasteiger charge is -2.45. The van der Waals surface area contributed by atoms with Crippen LogP contribution in [-0.2, 0) is 18.9 Å². The smallest absolute Gasteiger partial charge is 0.239 e. The van der Waals surface area contributed by atoms with Crippen LogP contribution >= 0.6 is 0 Å². The predicted molar refractivity (Wildman–Crippen MR) is 173 cm³/mol. The molecule has 15 atom stereocenters. The average Bonchev–Trinajstić information content (AvgIpc) is 3.15. The minimum atomic E-state index is -2.01. The van der Waals surface area contributed by atoms with Crippen LogP contribution in [0.2, 0.25) is 0 Å². The molecule has 0 saturated carbocycles. The van der Waals surface area contributed by atoms with Crippen LogP contribution < -0.4 is 14.9 Å². The normalized spacial score (nSPS) is 37.3. The minimum absolute atomic E-state index is 0.00970. The Labute approximate surface area is 303 Å². The maximum atomic E-state index is 14.0. The molecule has 3 saturated heterocycles. The fraction of sp³-hybridized carbons (Fsp3) is 0.545. The Balaban J connectivity index is 1.37. The Morgan fingerprint density at radius 3 is 1.69 bits per heavy atom. The molecule has 0 amide bonds. The summed E-state index contributed by atoms with van der Waals surface area (Å²) in [5, 5.41) is 133. The van der Waals surface area contributed by atoms with E-state index in [0.29, 0.717) is 0 Å². The number of hydrogen-bond acceptors (Lipinski definition) is 21. The first-order valence-electron chi connectivity index (χ1n) is 16.5. The van der Waals surface area contributed by atoms with Gasteiger partial charge in [0.05, 0.1) is 19.8 Å². The highest BCUT2D eigenvalue weighted by Gasteiger charge is 2.52. The average molecular weight is 773 g/mol.